The third-order valence-corrected chi connectivity index (χ3v) is 5.59. The number of amides is 1. The Morgan fingerprint density at radius 1 is 1.38 bits per heavy atom. The summed E-state index contributed by atoms with van der Waals surface area (Å²) in [5.41, 5.74) is 5.71. The molecule has 2 aromatic rings. The quantitative estimate of drug-likeness (QED) is 0.654. The Labute approximate surface area is 145 Å². The summed E-state index contributed by atoms with van der Waals surface area (Å²) < 4.78 is 26.6. The van der Waals surface area contributed by atoms with Crippen LogP contribution in [-0.2, 0) is 16.4 Å². The van der Waals surface area contributed by atoms with Gasteiger partial charge < -0.3 is 11.1 Å². The van der Waals surface area contributed by atoms with Crippen molar-refractivity contribution in [1.29, 1.82) is 0 Å². The minimum absolute atomic E-state index is 0.0738. The van der Waals surface area contributed by atoms with Crippen LogP contribution in [0.1, 0.15) is 28.0 Å². The summed E-state index contributed by atoms with van der Waals surface area (Å²) in [4.78, 5) is 17.0. The first-order chi connectivity index (χ1) is 11.5. The fourth-order valence-electron chi connectivity index (χ4n) is 1.96. The minimum atomic E-state index is -3.64. The van der Waals surface area contributed by atoms with Crippen LogP contribution in [0.25, 0.3) is 0 Å². The smallest absolute Gasteiger partial charge is 0.267 e. The number of nitrogens with one attached hydrogen (secondary N) is 2. The lowest BCUT2D eigenvalue weighted by Crippen LogP contribution is -2.29. The van der Waals surface area contributed by atoms with Crippen LogP contribution >= 0.6 is 11.3 Å². The molecule has 9 heteroatoms. The van der Waals surface area contributed by atoms with Crippen molar-refractivity contribution in [3.63, 3.8) is 0 Å². The Morgan fingerprint density at radius 3 is 2.88 bits per heavy atom. The molecule has 4 N–H and O–H groups in total. The van der Waals surface area contributed by atoms with Crippen LogP contribution in [0.4, 0.5) is 5.69 Å². The largest absolute Gasteiger partial charge is 0.329 e. The second-order valence-electron chi connectivity index (χ2n) is 5.04. The first-order valence-electron chi connectivity index (χ1n) is 7.52. The Balaban J connectivity index is 2.12. The van der Waals surface area contributed by atoms with Crippen LogP contribution in [0.15, 0.2) is 35.4 Å². The van der Waals surface area contributed by atoms with E-state index in [1.165, 1.54) is 29.7 Å². The van der Waals surface area contributed by atoms with E-state index in [-0.39, 0.29) is 23.9 Å². The van der Waals surface area contributed by atoms with Crippen LogP contribution in [-0.4, -0.2) is 32.4 Å². The van der Waals surface area contributed by atoms with Crippen molar-refractivity contribution in [1.82, 2.24) is 9.71 Å². The van der Waals surface area contributed by atoms with Crippen molar-refractivity contribution >= 4 is 33.0 Å². The van der Waals surface area contributed by atoms with E-state index in [4.69, 9.17) is 5.73 Å². The normalized spacial score (nSPS) is 11.4. The topological polar surface area (TPSA) is 114 Å². The number of aromatic nitrogens is 1. The number of carbonyl (C=O) groups is 1. The molecule has 1 amide bonds. The van der Waals surface area contributed by atoms with Crippen molar-refractivity contribution in [2.75, 3.05) is 18.4 Å². The van der Waals surface area contributed by atoms with E-state index in [1.54, 1.807) is 12.1 Å². The third kappa shape index (κ3) is 4.84. The summed E-state index contributed by atoms with van der Waals surface area (Å²) in [6, 6.07) is 6.07. The van der Waals surface area contributed by atoms with Crippen molar-refractivity contribution in [3.8, 4) is 0 Å². The van der Waals surface area contributed by atoms with E-state index < -0.39 is 10.0 Å². The van der Waals surface area contributed by atoms with E-state index in [0.717, 1.165) is 17.8 Å². The minimum Gasteiger partial charge on any atom is -0.329 e. The van der Waals surface area contributed by atoms with Gasteiger partial charge in [0.2, 0.25) is 10.0 Å². The summed E-state index contributed by atoms with van der Waals surface area (Å²) in [5.74, 6) is -0.306. The molecule has 0 bridgehead atoms. The summed E-state index contributed by atoms with van der Waals surface area (Å²) >= 11 is 1.34. The fraction of sp³-hybridized carbons (Fsp3) is 0.333. The van der Waals surface area contributed by atoms with Crippen molar-refractivity contribution in [2.45, 2.75) is 24.7 Å². The van der Waals surface area contributed by atoms with E-state index in [9.17, 15) is 13.2 Å². The molecule has 0 aliphatic carbocycles. The van der Waals surface area contributed by atoms with Crippen LogP contribution in [0, 0.1) is 0 Å². The van der Waals surface area contributed by atoms with Gasteiger partial charge in [-0.3, -0.25) is 4.79 Å². The highest BCUT2D eigenvalue weighted by atomic mass is 32.2. The highest BCUT2D eigenvalue weighted by molar-refractivity contribution is 7.89. The highest BCUT2D eigenvalue weighted by Gasteiger charge is 2.15. The molecule has 0 aliphatic heterocycles. The van der Waals surface area contributed by atoms with Crippen molar-refractivity contribution < 1.29 is 13.2 Å². The number of rotatable bonds is 8. The number of nitrogens with two attached hydrogens (primary N) is 1. The average molecular weight is 368 g/mol. The van der Waals surface area contributed by atoms with Gasteiger partial charge in [-0.05, 0) is 31.0 Å². The molecule has 1 aromatic heterocycles. The van der Waals surface area contributed by atoms with Crippen molar-refractivity contribution in [2.24, 2.45) is 5.73 Å². The number of hydrogen-bond acceptors (Lipinski definition) is 6. The average Bonchev–Trinajstić information content (AvgIpc) is 3.02. The first kappa shape index (κ1) is 18.5. The van der Waals surface area contributed by atoms with Gasteiger partial charge in [0.1, 0.15) is 4.88 Å². The number of nitrogens with zero attached hydrogens (tertiary/aromatic N) is 1. The molecule has 1 aromatic carbocycles. The van der Waals surface area contributed by atoms with Gasteiger partial charge in [0, 0.05) is 18.8 Å². The molecule has 2 rings (SSSR count). The van der Waals surface area contributed by atoms with Crippen molar-refractivity contribution in [3.05, 3.63) is 40.3 Å². The Kier molecular flexibility index (Phi) is 6.44. The van der Waals surface area contributed by atoms with Crippen LogP contribution in [0.5, 0.6) is 0 Å². The van der Waals surface area contributed by atoms with Crippen LogP contribution in [0.3, 0.4) is 0 Å². The highest BCUT2D eigenvalue weighted by Crippen LogP contribution is 2.19. The Hall–Kier alpha value is -1.81. The molecular formula is C15H20N4O3S2. The van der Waals surface area contributed by atoms with Crippen LogP contribution < -0.4 is 15.8 Å². The molecule has 0 saturated carbocycles. The van der Waals surface area contributed by atoms with Gasteiger partial charge in [-0.2, -0.15) is 0 Å². The van der Waals surface area contributed by atoms with Gasteiger partial charge in [0.05, 0.1) is 16.1 Å². The molecule has 0 aliphatic rings. The number of aryl methyl sites for hydroxylation is 1. The Bertz CT molecular complexity index is 803. The summed E-state index contributed by atoms with van der Waals surface area (Å²) in [6.07, 6.45) is 3.33. The van der Waals surface area contributed by atoms with Gasteiger partial charge in [-0.15, -0.1) is 11.3 Å². The zero-order chi connectivity index (χ0) is 17.6. The zero-order valence-corrected chi connectivity index (χ0v) is 14.9. The summed E-state index contributed by atoms with van der Waals surface area (Å²) in [5, 5.41) is 3.60. The SMILES string of the molecule is CCCc1ncc(C(=O)Nc2cccc(S(=O)(=O)NCCN)c2)s1. The lowest BCUT2D eigenvalue weighted by molar-refractivity contribution is 0.103. The van der Waals surface area contributed by atoms with Gasteiger partial charge in [-0.1, -0.05) is 13.0 Å². The molecule has 24 heavy (non-hydrogen) atoms. The molecule has 0 unspecified atom stereocenters. The second kappa shape index (κ2) is 8.34. The summed E-state index contributed by atoms with van der Waals surface area (Å²) in [7, 11) is -3.64. The molecule has 0 radical (unpaired) electrons. The first-order valence-corrected chi connectivity index (χ1v) is 9.82. The predicted octanol–water partition coefficient (Wildman–Crippen LogP) is 1.58. The van der Waals surface area contributed by atoms with Gasteiger partial charge in [-0.25, -0.2) is 18.1 Å². The fourth-order valence-corrected chi connectivity index (χ4v) is 3.96. The van der Waals surface area contributed by atoms with Gasteiger partial charge in [0.25, 0.3) is 5.91 Å². The lowest BCUT2D eigenvalue weighted by atomic mass is 10.3. The van der Waals surface area contributed by atoms with Gasteiger partial charge >= 0.3 is 0 Å². The van der Waals surface area contributed by atoms with E-state index in [1.807, 2.05) is 6.92 Å². The molecule has 1 heterocycles. The molecule has 130 valence electrons. The second-order valence-corrected chi connectivity index (χ2v) is 7.92. The molecule has 0 spiro atoms. The zero-order valence-electron chi connectivity index (χ0n) is 13.3. The van der Waals surface area contributed by atoms with Gasteiger partial charge in [0.15, 0.2) is 0 Å². The molecule has 7 nitrogen and oxygen atoms in total. The van der Waals surface area contributed by atoms with E-state index >= 15 is 0 Å². The predicted molar refractivity (Wildman–Crippen MR) is 94.7 cm³/mol. The molecular weight excluding hydrogens is 348 g/mol. The number of thiazole rings is 1. The van der Waals surface area contributed by atoms with E-state index in [0.29, 0.717) is 10.6 Å². The lowest BCUT2D eigenvalue weighted by Gasteiger charge is -2.08. The third-order valence-electron chi connectivity index (χ3n) is 3.08. The van der Waals surface area contributed by atoms with Crippen LogP contribution in [0.2, 0.25) is 0 Å². The van der Waals surface area contributed by atoms with E-state index in [2.05, 4.69) is 15.0 Å². The maximum atomic E-state index is 12.2. The molecule has 0 atom stereocenters. The maximum absolute atomic E-state index is 12.2. The number of sulfonamides is 1. The number of anilines is 1. The Morgan fingerprint density at radius 2 is 2.17 bits per heavy atom. The number of hydrogen-bond donors (Lipinski definition) is 3. The number of carbonyl (C=O) groups excluding carboxylic acids is 1. The maximum Gasteiger partial charge on any atom is 0.267 e. The summed E-state index contributed by atoms with van der Waals surface area (Å²) in [6.45, 7) is 2.41. The number of benzene rings is 1. The molecule has 0 saturated heterocycles. The molecule has 0 fully saturated rings. The monoisotopic (exact) mass is 368 g/mol. The standard InChI is InChI=1S/C15H20N4O3S2/c1-2-4-14-17-10-13(23-14)15(20)19-11-5-3-6-12(9-11)24(21,22)18-8-7-16/h3,5-6,9-10,18H,2,4,7-8,16H2,1H3,(H,19,20).